The van der Waals surface area contributed by atoms with E-state index in [4.69, 9.17) is 4.11 Å². The smallest absolute Gasteiger partial charge is 0.194 e. The van der Waals surface area contributed by atoms with E-state index in [1.54, 1.807) is 6.20 Å². The Kier molecular flexibility index (Phi) is 1.18. The number of hydrogen-bond donors (Lipinski definition) is 0. The molecule has 0 fully saturated rings. The van der Waals surface area contributed by atoms with Gasteiger partial charge in [-0.3, -0.25) is 0 Å². The van der Waals surface area contributed by atoms with Crippen LogP contribution in [0.3, 0.4) is 0 Å². The second-order valence-electron chi connectivity index (χ2n) is 4.04. The Bertz CT molecular complexity index is 629. The van der Waals surface area contributed by atoms with Crippen molar-refractivity contribution in [2.45, 2.75) is 20.3 Å². The van der Waals surface area contributed by atoms with Crippen LogP contribution in [0.5, 0.6) is 0 Å². The fourth-order valence-corrected chi connectivity index (χ4v) is 2.15. The van der Waals surface area contributed by atoms with E-state index in [9.17, 15) is 0 Å². The molecule has 2 aromatic rings. The van der Waals surface area contributed by atoms with E-state index in [0.29, 0.717) is 5.56 Å². The number of aromatic nitrogens is 1. The van der Waals surface area contributed by atoms with Crippen LogP contribution in [0.1, 0.15) is 20.8 Å². The molecule has 1 aliphatic heterocycles. The van der Waals surface area contributed by atoms with E-state index in [0.717, 1.165) is 17.8 Å². The lowest BCUT2D eigenvalue weighted by molar-refractivity contribution is -0.672. The summed E-state index contributed by atoms with van der Waals surface area (Å²) < 4.78 is 24.7. The lowest BCUT2D eigenvalue weighted by Crippen LogP contribution is -2.32. The Balaban J connectivity index is 2.20. The van der Waals surface area contributed by atoms with E-state index in [1.165, 1.54) is 11.1 Å². The summed E-state index contributed by atoms with van der Waals surface area (Å²) in [6.45, 7) is 0.583. The fraction of sp³-hybridized carbons (Fsp3) is 0.214. The van der Waals surface area contributed by atoms with Crippen LogP contribution < -0.4 is 4.57 Å². The largest absolute Gasteiger partial charge is 0.213 e. The minimum Gasteiger partial charge on any atom is -0.194 e. The normalized spacial score (nSPS) is 16.2. The molecule has 1 aromatic heterocycles. The maximum Gasteiger partial charge on any atom is 0.213 e. The zero-order valence-electron chi connectivity index (χ0n) is 11.6. The molecule has 2 heterocycles. The van der Waals surface area contributed by atoms with Crippen LogP contribution in [0.2, 0.25) is 0 Å². The summed E-state index contributed by atoms with van der Waals surface area (Å²) in [5.74, 6) is 0. The van der Waals surface area contributed by atoms with Gasteiger partial charge in [0.2, 0.25) is 5.69 Å². The number of benzene rings is 1. The third kappa shape index (κ3) is 1.19. The first-order valence-corrected chi connectivity index (χ1v) is 5.09. The highest BCUT2D eigenvalue weighted by molar-refractivity contribution is 5.63. The van der Waals surface area contributed by atoms with Gasteiger partial charge in [-0.15, -0.1) is 0 Å². The minimum absolute atomic E-state index is 0.444. The molecule has 0 saturated carbocycles. The van der Waals surface area contributed by atoms with E-state index in [2.05, 4.69) is 12.1 Å². The molecule has 3 rings (SSSR count). The maximum atomic E-state index is 7.56. The summed E-state index contributed by atoms with van der Waals surface area (Å²) in [5, 5.41) is 0. The van der Waals surface area contributed by atoms with E-state index >= 15 is 0 Å². The SMILES string of the molecule is [2H]C([2H])([2H])c1c[n+]2c(cc1C)-c1ccccc1C2. The average molecular weight is 199 g/mol. The third-order valence-electron chi connectivity index (χ3n) is 3.01. The number of hydrogen-bond acceptors (Lipinski definition) is 0. The van der Waals surface area contributed by atoms with E-state index in [1.807, 2.05) is 29.7 Å². The Labute approximate surface area is 94.2 Å². The second-order valence-corrected chi connectivity index (χ2v) is 4.04. The van der Waals surface area contributed by atoms with Crippen molar-refractivity contribution >= 4 is 0 Å². The maximum absolute atomic E-state index is 7.56. The Morgan fingerprint density at radius 1 is 1.27 bits per heavy atom. The zero-order chi connectivity index (χ0) is 12.9. The number of fused-ring (bicyclic) bond motifs is 3. The zero-order valence-corrected chi connectivity index (χ0v) is 8.62. The Hall–Kier alpha value is -1.63. The summed E-state index contributed by atoms with van der Waals surface area (Å²) in [6.07, 6.45) is 1.78. The molecule has 0 radical (unpaired) electrons. The van der Waals surface area contributed by atoms with Crippen LogP contribution in [0, 0.1) is 13.8 Å². The summed E-state index contributed by atoms with van der Waals surface area (Å²) in [6, 6.07) is 10.2. The summed E-state index contributed by atoms with van der Waals surface area (Å²) in [5.41, 5.74) is 4.84. The lowest BCUT2D eigenvalue weighted by atomic mass is 10.1. The van der Waals surface area contributed by atoms with Crippen molar-refractivity contribution in [2.75, 3.05) is 0 Å². The molecule has 0 aliphatic carbocycles. The lowest BCUT2D eigenvalue weighted by Gasteiger charge is -1.99. The predicted octanol–water partition coefficient (Wildman–Crippen LogP) is 2.62. The molecule has 0 bridgehead atoms. The molecule has 0 atom stereocenters. The summed E-state index contributed by atoms with van der Waals surface area (Å²) in [7, 11) is 0. The molecular weight excluding hydrogens is 182 g/mol. The first-order valence-electron chi connectivity index (χ1n) is 6.59. The van der Waals surface area contributed by atoms with Crippen LogP contribution in [0.25, 0.3) is 11.3 Å². The van der Waals surface area contributed by atoms with Crippen molar-refractivity contribution in [3.05, 3.63) is 53.2 Å². The van der Waals surface area contributed by atoms with Gasteiger partial charge >= 0.3 is 0 Å². The standard InChI is InChI=1S/C14H14N/c1-10-7-14-13-6-4-3-5-12(13)9-15(14)8-11(10)2/h3-8H,9H2,1-2H3/q+1/i2D3. The molecule has 1 heteroatoms. The number of pyridine rings is 1. The molecule has 0 unspecified atom stereocenters. The van der Waals surface area contributed by atoms with Crippen molar-refractivity contribution in [2.24, 2.45) is 0 Å². The summed E-state index contributed by atoms with van der Waals surface area (Å²) in [4.78, 5) is 0. The van der Waals surface area contributed by atoms with Gasteiger partial charge in [-0.05, 0) is 25.4 Å². The first kappa shape index (κ1) is 6.06. The molecule has 0 amide bonds. The number of aryl methyl sites for hydroxylation is 2. The first-order chi connectivity index (χ1) is 8.47. The molecule has 0 spiro atoms. The van der Waals surface area contributed by atoms with Crippen LogP contribution in [0.4, 0.5) is 0 Å². The number of rotatable bonds is 0. The molecule has 74 valence electrons. The quantitative estimate of drug-likeness (QED) is 0.490. The predicted molar refractivity (Wildman–Crippen MR) is 60.6 cm³/mol. The molecular formula is C14H14N+. The van der Waals surface area contributed by atoms with Gasteiger partial charge < -0.3 is 0 Å². The Morgan fingerprint density at radius 2 is 2.13 bits per heavy atom. The monoisotopic (exact) mass is 199 g/mol. The van der Waals surface area contributed by atoms with Crippen molar-refractivity contribution in [1.82, 2.24) is 0 Å². The van der Waals surface area contributed by atoms with Gasteiger partial charge in [0.15, 0.2) is 12.7 Å². The van der Waals surface area contributed by atoms with Gasteiger partial charge in [-0.2, -0.15) is 4.57 Å². The average Bonchev–Trinajstić information content (AvgIpc) is 2.65. The van der Waals surface area contributed by atoms with Crippen molar-refractivity contribution in [3.63, 3.8) is 0 Å². The summed E-state index contributed by atoms with van der Waals surface area (Å²) >= 11 is 0. The topological polar surface area (TPSA) is 3.88 Å². The van der Waals surface area contributed by atoms with Crippen LogP contribution in [-0.4, -0.2) is 0 Å². The Morgan fingerprint density at radius 3 is 3.00 bits per heavy atom. The highest BCUT2D eigenvalue weighted by Crippen LogP contribution is 2.27. The molecule has 1 nitrogen and oxygen atoms in total. The third-order valence-corrected chi connectivity index (χ3v) is 3.01. The van der Waals surface area contributed by atoms with Crippen molar-refractivity contribution in [3.8, 4) is 11.3 Å². The number of nitrogens with zero attached hydrogens (tertiary/aromatic N) is 1. The highest BCUT2D eigenvalue weighted by Gasteiger charge is 2.25. The van der Waals surface area contributed by atoms with Gasteiger partial charge in [-0.25, -0.2) is 0 Å². The molecule has 1 aliphatic rings. The van der Waals surface area contributed by atoms with Gasteiger partial charge in [0.1, 0.15) is 0 Å². The molecule has 15 heavy (non-hydrogen) atoms. The minimum atomic E-state index is -2.04. The van der Waals surface area contributed by atoms with Crippen LogP contribution in [-0.2, 0) is 6.54 Å². The van der Waals surface area contributed by atoms with E-state index in [-0.39, 0.29) is 0 Å². The van der Waals surface area contributed by atoms with Gasteiger partial charge in [0, 0.05) is 21.3 Å². The van der Waals surface area contributed by atoms with Crippen LogP contribution in [0.15, 0.2) is 36.5 Å². The van der Waals surface area contributed by atoms with Crippen molar-refractivity contribution < 1.29 is 8.68 Å². The van der Waals surface area contributed by atoms with Gasteiger partial charge in [0.05, 0.1) is 5.56 Å². The van der Waals surface area contributed by atoms with Crippen molar-refractivity contribution in [1.29, 1.82) is 0 Å². The second kappa shape index (κ2) is 2.93. The molecule has 0 N–H and O–H groups in total. The van der Waals surface area contributed by atoms with Crippen LogP contribution >= 0.6 is 0 Å². The molecule has 0 saturated heterocycles. The fourth-order valence-electron chi connectivity index (χ4n) is 2.15. The highest BCUT2D eigenvalue weighted by atomic mass is 15.0. The van der Waals surface area contributed by atoms with E-state index < -0.39 is 6.85 Å². The van der Waals surface area contributed by atoms with Gasteiger partial charge in [0.25, 0.3) is 0 Å². The molecule has 1 aromatic carbocycles. The van der Waals surface area contributed by atoms with Gasteiger partial charge in [-0.1, -0.05) is 18.2 Å².